The van der Waals surface area contributed by atoms with Crippen LogP contribution in [0.15, 0.2) is 36.4 Å². The summed E-state index contributed by atoms with van der Waals surface area (Å²) in [6, 6.07) is 5.81. The van der Waals surface area contributed by atoms with Crippen LogP contribution in [-0.4, -0.2) is 11.1 Å². The van der Waals surface area contributed by atoms with Crippen LogP contribution in [0.3, 0.4) is 0 Å². The average molecular weight is 282 g/mol. The highest BCUT2D eigenvalue weighted by molar-refractivity contribution is 5.88. The molecule has 0 bridgehead atoms. The molecule has 3 nitrogen and oxygen atoms in total. The molecule has 0 aliphatic carbocycles. The molecule has 0 aliphatic rings. The van der Waals surface area contributed by atoms with Crippen LogP contribution < -0.4 is 4.74 Å². The zero-order valence-electron chi connectivity index (χ0n) is 10.1. The van der Waals surface area contributed by atoms with Gasteiger partial charge in [0.25, 0.3) is 0 Å². The van der Waals surface area contributed by atoms with Crippen LogP contribution in [0.25, 0.3) is 0 Å². The number of hydrogen-bond acceptors (Lipinski definition) is 2. The second kappa shape index (κ2) is 5.64. The molecule has 0 unspecified atom stereocenters. The number of benzene rings is 2. The molecule has 0 heterocycles. The number of carboxylic acids is 1. The molecule has 0 fully saturated rings. The summed E-state index contributed by atoms with van der Waals surface area (Å²) in [5.74, 6) is -3.62. The van der Waals surface area contributed by atoms with Crippen molar-refractivity contribution < 1.29 is 27.8 Å². The second-order valence-electron chi connectivity index (χ2n) is 4.05. The molecule has 0 amide bonds. The van der Waals surface area contributed by atoms with Crippen LogP contribution in [0.5, 0.6) is 5.75 Å². The van der Waals surface area contributed by atoms with E-state index in [1.807, 2.05) is 0 Å². The maximum Gasteiger partial charge on any atom is 0.335 e. The van der Waals surface area contributed by atoms with E-state index in [9.17, 15) is 18.0 Å². The fourth-order valence-corrected chi connectivity index (χ4v) is 1.63. The highest BCUT2D eigenvalue weighted by Gasteiger charge is 2.08. The van der Waals surface area contributed by atoms with E-state index in [1.54, 1.807) is 0 Å². The van der Waals surface area contributed by atoms with E-state index >= 15 is 0 Å². The molecule has 0 aromatic heterocycles. The number of halogens is 3. The van der Waals surface area contributed by atoms with Crippen LogP contribution >= 0.6 is 0 Å². The molecule has 0 aliphatic heterocycles. The molecular weight excluding hydrogens is 273 g/mol. The third-order valence-electron chi connectivity index (χ3n) is 2.45. The quantitative estimate of drug-likeness (QED) is 0.935. The summed E-state index contributed by atoms with van der Waals surface area (Å²) in [7, 11) is 0. The summed E-state index contributed by atoms with van der Waals surface area (Å²) in [6.07, 6.45) is 0. The maximum atomic E-state index is 13.2. The Kier molecular flexibility index (Phi) is 3.93. The van der Waals surface area contributed by atoms with Gasteiger partial charge in [-0.1, -0.05) is 0 Å². The maximum absolute atomic E-state index is 13.2. The minimum Gasteiger partial charge on any atom is -0.489 e. The van der Waals surface area contributed by atoms with Gasteiger partial charge in [0.05, 0.1) is 5.56 Å². The van der Waals surface area contributed by atoms with Gasteiger partial charge in [0.15, 0.2) is 0 Å². The van der Waals surface area contributed by atoms with Crippen molar-refractivity contribution in [2.45, 2.75) is 6.61 Å². The molecule has 0 atom stereocenters. The molecule has 2 aromatic carbocycles. The van der Waals surface area contributed by atoms with Crippen molar-refractivity contribution in [1.29, 1.82) is 0 Å². The average Bonchev–Trinajstić information content (AvgIpc) is 2.34. The molecule has 2 aromatic rings. The predicted octanol–water partition coefficient (Wildman–Crippen LogP) is 3.38. The van der Waals surface area contributed by atoms with Crippen molar-refractivity contribution in [3.05, 3.63) is 65.0 Å². The first-order chi connectivity index (χ1) is 9.44. The Balaban J connectivity index is 2.16. The van der Waals surface area contributed by atoms with Crippen LogP contribution in [0.2, 0.25) is 0 Å². The van der Waals surface area contributed by atoms with E-state index in [-0.39, 0.29) is 23.5 Å². The Morgan fingerprint density at radius 2 is 1.55 bits per heavy atom. The van der Waals surface area contributed by atoms with E-state index in [0.29, 0.717) is 6.07 Å². The summed E-state index contributed by atoms with van der Waals surface area (Å²) in [6.45, 7) is -0.211. The first-order valence-electron chi connectivity index (χ1n) is 5.56. The zero-order valence-corrected chi connectivity index (χ0v) is 10.1. The number of hydrogen-bond donors (Lipinski definition) is 1. The highest BCUT2D eigenvalue weighted by atomic mass is 19.1. The molecule has 20 heavy (non-hydrogen) atoms. The number of ether oxygens (including phenoxy) is 1. The van der Waals surface area contributed by atoms with Crippen molar-refractivity contribution in [3.63, 3.8) is 0 Å². The van der Waals surface area contributed by atoms with Crippen molar-refractivity contribution >= 4 is 5.97 Å². The van der Waals surface area contributed by atoms with Gasteiger partial charge < -0.3 is 9.84 Å². The summed E-state index contributed by atoms with van der Waals surface area (Å²) < 4.78 is 44.2. The number of carbonyl (C=O) groups is 1. The van der Waals surface area contributed by atoms with Crippen LogP contribution in [0.1, 0.15) is 15.9 Å². The normalized spacial score (nSPS) is 10.3. The van der Waals surface area contributed by atoms with Gasteiger partial charge in [-0.2, -0.15) is 0 Å². The molecule has 6 heteroatoms. The van der Waals surface area contributed by atoms with Gasteiger partial charge in [-0.25, -0.2) is 18.0 Å². The lowest BCUT2D eigenvalue weighted by Gasteiger charge is -2.08. The molecule has 2 rings (SSSR count). The Labute approximate surface area is 112 Å². The molecule has 0 spiro atoms. The third kappa shape index (κ3) is 3.50. The van der Waals surface area contributed by atoms with Gasteiger partial charge in [-0.05, 0) is 29.8 Å². The first kappa shape index (κ1) is 13.9. The summed E-state index contributed by atoms with van der Waals surface area (Å²) in [5, 5.41) is 8.77. The van der Waals surface area contributed by atoms with Gasteiger partial charge in [0.2, 0.25) is 0 Å². The second-order valence-corrected chi connectivity index (χ2v) is 4.05. The van der Waals surface area contributed by atoms with Gasteiger partial charge in [-0.15, -0.1) is 0 Å². The van der Waals surface area contributed by atoms with E-state index in [1.165, 1.54) is 0 Å². The number of rotatable bonds is 4. The first-order valence-corrected chi connectivity index (χ1v) is 5.56. The Hall–Kier alpha value is -2.50. The topological polar surface area (TPSA) is 46.5 Å². The van der Waals surface area contributed by atoms with Crippen molar-refractivity contribution in [2.75, 3.05) is 0 Å². The fourth-order valence-electron chi connectivity index (χ4n) is 1.63. The Morgan fingerprint density at radius 1 is 0.950 bits per heavy atom. The van der Waals surface area contributed by atoms with Crippen molar-refractivity contribution in [2.24, 2.45) is 0 Å². The van der Waals surface area contributed by atoms with E-state index in [4.69, 9.17) is 9.84 Å². The lowest BCUT2D eigenvalue weighted by molar-refractivity contribution is 0.0695. The number of carboxylic acid groups (broad SMARTS) is 1. The Morgan fingerprint density at radius 3 is 2.15 bits per heavy atom. The van der Waals surface area contributed by atoms with Crippen LogP contribution in [0.4, 0.5) is 13.2 Å². The van der Waals surface area contributed by atoms with Crippen molar-refractivity contribution in [1.82, 2.24) is 0 Å². The standard InChI is InChI=1S/C14H9F3O3/c15-10-1-8(2-11(16)5-10)7-20-13-4-9(14(18)19)3-12(17)6-13/h1-6H,7H2,(H,18,19). The molecule has 0 saturated carbocycles. The molecule has 104 valence electrons. The molecule has 0 radical (unpaired) electrons. The van der Waals surface area contributed by atoms with Crippen LogP contribution in [-0.2, 0) is 6.61 Å². The van der Waals surface area contributed by atoms with E-state index in [2.05, 4.69) is 0 Å². The van der Waals surface area contributed by atoms with E-state index in [0.717, 1.165) is 30.3 Å². The Bertz CT molecular complexity index is 636. The zero-order chi connectivity index (χ0) is 14.7. The lowest BCUT2D eigenvalue weighted by Crippen LogP contribution is -2.01. The van der Waals surface area contributed by atoms with Gasteiger partial charge in [0, 0.05) is 12.1 Å². The molecule has 1 N–H and O–H groups in total. The SMILES string of the molecule is O=C(O)c1cc(F)cc(OCc2cc(F)cc(F)c2)c1. The lowest BCUT2D eigenvalue weighted by atomic mass is 10.2. The minimum absolute atomic E-state index is 0.0351. The fraction of sp³-hybridized carbons (Fsp3) is 0.0714. The van der Waals surface area contributed by atoms with Gasteiger partial charge in [-0.3, -0.25) is 0 Å². The summed E-state index contributed by atoms with van der Waals surface area (Å²) >= 11 is 0. The highest BCUT2D eigenvalue weighted by Crippen LogP contribution is 2.18. The summed E-state index contributed by atoms with van der Waals surface area (Å²) in [4.78, 5) is 10.7. The summed E-state index contributed by atoms with van der Waals surface area (Å²) in [5.41, 5.74) is -0.0611. The smallest absolute Gasteiger partial charge is 0.335 e. The van der Waals surface area contributed by atoms with E-state index < -0.39 is 23.4 Å². The predicted molar refractivity (Wildman–Crippen MR) is 64.0 cm³/mol. The largest absolute Gasteiger partial charge is 0.489 e. The van der Waals surface area contributed by atoms with Gasteiger partial charge >= 0.3 is 5.97 Å². The molecule has 0 saturated heterocycles. The monoisotopic (exact) mass is 282 g/mol. The molecular formula is C14H9F3O3. The van der Waals surface area contributed by atoms with Crippen LogP contribution in [0, 0.1) is 17.5 Å². The van der Waals surface area contributed by atoms with Crippen molar-refractivity contribution in [3.8, 4) is 5.75 Å². The van der Waals surface area contributed by atoms with Gasteiger partial charge in [0.1, 0.15) is 29.8 Å². The minimum atomic E-state index is -1.30. The third-order valence-corrected chi connectivity index (χ3v) is 2.45. The number of aromatic carboxylic acids is 1.